The molecule has 1 amide bonds. The minimum absolute atomic E-state index is 0.0655. The molecule has 1 N–H and O–H groups in total. The smallest absolute Gasteiger partial charge is 0.252 e. The number of nitrogens with one attached hydrogen (secondary N) is 1. The Morgan fingerprint density at radius 3 is 2.62 bits per heavy atom. The SMILES string of the molecule is CN(C)CCN1C(=O)C(C)(C)Nc2cc3c(cc21)OCO3. The van der Waals surface area contributed by atoms with E-state index in [1.165, 1.54) is 0 Å². The van der Waals surface area contributed by atoms with E-state index in [0.29, 0.717) is 12.3 Å². The minimum atomic E-state index is -0.632. The van der Waals surface area contributed by atoms with Crippen LogP contribution in [0.25, 0.3) is 0 Å². The molecule has 0 aromatic heterocycles. The van der Waals surface area contributed by atoms with Crippen LogP contribution in [-0.2, 0) is 4.79 Å². The summed E-state index contributed by atoms with van der Waals surface area (Å²) in [5.41, 5.74) is 1.13. The molecule has 0 bridgehead atoms. The molecule has 3 rings (SSSR count). The number of carbonyl (C=O) groups excluding carboxylic acids is 1. The molecule has 0 saturated heterocycles. The van der Waals surface area contributed by atoms with Crippen LogP contribution in [0.3, 0.4) is 0 Å². The highest BCUT2D eigenvalue weighted by atomic mass is 16.7. The number of benzene rings is 1. The maximum absolute atomic E-state index is 12.7. The summed E-state index contributed by atoms with van der Waals surface area (Å²) in [5, 5.41) is 3.29. The Morgan fingerprint density at radius 2 is 1.95 bits per heavy atom. The zero-order chi connectivity index (χ0) is 15.2. The molecule has 2 aliphatic heterocycles. The molecule has 0 fully saturated rings. The van der Waals surface area contributed by atoms with Crippen LogP contribution in [0, 0.1) is 0 Å². The summed E-state index contributed by atoms with van der Waals surface area (Å²) in [6, 6.07) is 3.79. The molecule has 1 aromatic rings. The van der Waals surface area contributed by atoms with E-state index in [1.54, 1.807) is 0 Å². The lowest BCUT2D eigenvalue weighted by atomic mass is 9.97. The Balaban J connectivity index is 2.01. The highest BCUT2D eigenvalue weighted by Crippen LogP contribution is 2.44. The number of amides is 1. The highest BCUT2D eigenvalue weighted by molar-refractivity contribution is 6.07. The second-order valence-corrected chi connectivity index (χ2v) is 6.23. The van der Waals surface area contributed by atoms with Crippen LogP contribution in [0.2, 0.25) is 0 Å². The van der Waals surface area contributed by atoms with Crippen molar-refractivity contribution in [2.45, 2.75) is 19.4 Å². The first kappa shape index (κ1) is 14.0. The first-order valence-corrected chi connectivity index (χ1v) is 7.07. The van der Waals surface area contributed by atoms with Crippen molar-refractivity contribution in [1.29, 1.82) is 0 Å². The molecule has 0 radical (unpaired) electrons. The maximum atomic E-state index is 12.7. The zero-order valence-corrected chi connectivity index (χ0v) is 12.9. The standard InChI is InChI=1S/C15H21N3O3/c1-15(2)14(19)18(6-5-17(3)4)11-8-13-12(20-9-21-13)7-10(11)16-15/h7-8,16H,5-6,9H2,1-4H3. The van der Waals surface area contributed by atoms with E-state index in [0.717, 1.165) is 23.7 Å². The topological polar surface area (TPSA) is 54.0 Å². The van der Waals surface area contributed by atoms with Gasteiger partial charge in [0.05, 0.1) is 11.4 Å². The van der Waals surface area contributed by atoms with Gasteiger partial charge in [0.25, 0.3) is 5.91 Å². The van der Waals surface area contributed by atoms with E-state index >= 15 is 0 Å². The van der Waals surface area contributed by atoms with E-state index in [9.17, 15) is 4.79 Å². The summed E-state index contributed by atoms with van der Waals surface area (Å²) < 4.78 is 10.8. The molecule has 114 valence electrons. The van der Waals surface area contributed by atoms with Gasteiger partial charge in [0.2, 0.25) is 6.79 Å². The van der Waals surface area contributed by atoms with Gasteiger partial charge in [-0.25, -0.2) is 0 Å². The molecular formula is C15H21N3O3. The lowest BCUT2D eigenvalue weighted by molar-refractivity contribution is -0.122. The molecular weight excluding hydrogens is 270 g/mol. The fraction of sp³-hybridized carbons (Fsp3) is 0.533. The highest BCUT2D eigenvalue weighted by Gasteiger charge is 2.39. The molecule has 6 heteroatoms. The Labute approximate surface area is 124 Å². The quantitative estimate of drug-likeness (QED) is 0.915. The van der Waals surface area contributed by atoms with Crippen molar-refractivity contribution in [3.63, 3.8) is 0 Å². The summed E-state index contributed by atoms with van der Waals surface area (Å²) in [5.74, 6) is 1.48. The van der Waals surface area contributed by atoms with Gasteiger partial charge in [-0.05, 0) is 27.9 Å². The number of fused-ring (bicyclic) bond motifs is 2. The van der Waals surface area contributed by atoms with Gasteiger partial charge in [0, 0.05) is 25.2 Å². The lowest BCUT2D eigenvalue weighted by Gasteiger charge is -2.40. The Hall–Kier alpha value is -1.95. The number of rotatable bonds is 3. The van der Waals surface area contributed by atoms with Gasteiger partial charge >= 0.3 is 0 Å². The third kappa shape index (κ3) is 2.40. The summed E-state index contributed by atoms with van der Waals surface area (Å²) >= 11 is 0. The fourth-order valence-electron chi connectivity index (χ4n) is 2.61. The van der Waals surface area contributed by atoms with E-state index in [2.05, 4.69) is 10.2 Å². The summed E-state index contributed by atoms with van der Waals surface area (Å²) in [6.45, 7) is 5.46. The Kier molecular flexibility index (Phi) is 3.20. The van der Waals surface area contributed by atoms with Crippen molar-refractivity contribution in [2.75, 3.05) is 44.2 Å². The fourth-order valence-corrected chi connectivity index (χ4v) is 2.61. The average Bonchev–Trinajstić information content (AvgIpc) is 2.83. The second-order valence-electron chi connectivity index (χ2n) is 6.23. The normalized spacial score (nSPS) is 18.7. The van der Waals surface area contributed by atoms with Gasteiger partial charge in [0.1, 0.15) is 5.54 Å². The second kappa shape index (κ2) is 4.80. The van der Waals surface area contributed by atoms with Crippen LogP contribution in [-0.4, -0.2) is 50.3 Å². The van der Waals surface area contributed by atoms with E-state index < -0.39 is 5.54 Å². The molecule has 21 heavy (non-hydrogen) atoms. The molecule has 0 saturated carbocycles. The van der Waals surface area contributed by atoms with Crippen LogP contribution in [0.1, 0.15) is 13.8 Å². The van der Waals surface area contributed by atoms with Crippen LogP contribution in [0.4, 0.5) is 11.4 Å². The van der Waals surface area contributed by atoms with Crippen molar-refractivity contribution < 1.29 is 14.3 Å². The monoisotopic (exact) mass is 291 g/mol. The van der Waals surface area contributed by atoms with Gasteiger partial charge in [-0.1, -0.05) is 0 Å². The third-order valence-corrected chi connectivity index (χ3v) is 3.78. The van der Waals surface area contributed by atoms with Gasteiger partial charge < -0.3 is 24.6 Å². The molecule has 1 aromatic carbocycles. The van der Waals surface area contributed by atoms with E-state index in [1.807, 2.05) is 45.0 Å². The largest absolute Gasteiger partial charge is 0.454 e. The summed E-state index contributed by atoms with van der Waals surface area (Å²) in [6.07, 6.45) is 0. The van der Waals surface area contributed by atoms with Gasteiger partial charge in [-0.2, -0.15) is 0 Å². The Morgan fingerprint density at radius 1 is 1.29 bits per heavy atom. The van der Waals surface area contributed by atoms with Gasteiger partial charge in [-0.15, -0.1) is 0 Å². The number of likely N-dealkylation sites (N-methyl/N-ethyl adjacent to an activating group) is 1. The third-order valence-electron chi connectivity index (χ3n) is 3.78. The average molecular weight is 291 g/mol. The Bertz CT molecular complexity index is 584. The minimum Gasteiger partial charge on any atom is -0.454 e. The first-order valence-electron chi connectivity index (χ1n) is 7.07. The molecule has 2 heterocycles. The number of nitrogens with zero attached hydrogens (tertiary/aromatic N) is 2. The molecule has 0 aliphatic carbocycles. The van der Waals surface area contributed by atoms with Crippen LogP contribution >= 0.6 is 0 Å². The van der Waals surface area contributed by atoms with E-state index in [-0.39, 0.29) is 12.7 Å². The number of carbonyl (C=O) groups is 1. The molecule has 0 spiro atoms. The number of hydrogen-bond acceptors (Lipinski definition) is 5. The number of anilines is 2. The lowest BCUT2D eigenvalue weighted by Crippen LogP contribution is -2.55. The number of ether oxygens (including phenoxy) is 2. The molecule has 0 unspecified atom stereocenters. The van der Waals surface area contributed by atoms with Crippen molar-refractivity contribution >= 4 is 17.3 Å². The van der Waals surface area contributed by atoms with Crippen LogP contribution in [0.15, 0.2) is 12.1 Å². The van der Waals surface area contributed by atoms with Gasteiger partial charge in [-0.3, -0.25) is 4.79 Å². The van der Waals surface area contributed by atoms with Crippen LogP contribution in [0.5, 0.6) is 11.5 Å². The molecule has 0 atom stereocenters. The molecule has 2 aliphatic rings. The van der Waals surface area contributed by atoms with Crippen molar-refractivity contribution in [3.05, 3.63) is 12.1 Å². The van der Waals surface area contributed by atoms with Crippen molar-refractivity contribution in [2.24, 2.45) is 0 Å². The first-order chi connectivity index (χ1) is 9.88. The van der Waals surface area contributed by atoms with Gasteiger partial charge in [0.15, 0.2) is 11.5 Å². The van der Waals surface area contributed by atoms with Crippen molar-refractivity contribution in [1.82, 2.24) is 4.90 Å². The van der Waals surface area contributed by atoms with Crippen molar-refractivity contribution in [3.8, 4) is 11.5 Å². The van der Waals surface area contributed by atoms with E-state index in [4.69, 9.17) is 9.47 Å². The predicted molar refractivity (Wildman–Crippen MR) is 81.2 cm³/mol. The molecule has 6 nitrogen and oxygen atoms in total. The predicted octanol–water partition coefficient (Wildman–Crippen LogP) is 1.51. The summed E-state index contributed by atoms with van der Waals surface area (Å²) in [4.78, 5) is 16.6. The van der Waals surface area contributed by atoms with Crippen LogP contribution < -0.4 is 19.7 Å². The summed E-state index contributed by atoms with van der Waals surface area (Å²) in [7, 11) is 4.00. The zero-order valence-electron chi connectivity index (χ0n) is 12.9. The maximum Gasteiger partial charge on any atom is 0.252 e. The number of hydrogen-bond donors (Lipinski definition) is 1.